The van der Waals surface area contributed by atoms with E-state index in [1.165, 1.54) is 33.5 Å². The van der Waals surface area contributed by atoms with E-state index in [0.717, 1.165) is 17.0 Å². The van der Waals surface area contributed by atoms with Crippen LogP contribution >= 0.6 is 34.0 Å². The minimum Gasteiger partial charge on any atom is -0.361 e. The molecule has 0 saturated heterocycles. The fourth-order valence-electron chi connectivity index (χ4n) is 4.12. The Kier molecular flexibility index (Phi) is 20.2. The molecule has 0 spiro atoms. The van der Waals surface area contributed by atoms with Gasteiger partial charge in [-0.05, 0) is 34.3 Å². The van der Waals surface area contributed by atoms with Crippen LogP contribution in [0.5, 0.6) is 0 Å². The number of aryl methyl sites for hydroxylation is 2. The summed E-state index contributed by atoms with van der Waals surface area (Å²) in [6.45, 7) is 37.7. The molecule has 0 aliphatic heterocycles. The van der Waals surface area contributed by atoms with Gasteiger partial charge < -0.3 is 4.52 Å². The van der Waals surface area contributed by atoms with Crippen LogP contribution in [0.2, 0.25) is 0 Å². The Morgan fingerprint density at radius 2 is 1.19 bits per heavy atom. The van der Waals surface area contributed by atoms with Crippen molar-refractivity contribution in [3.8, 4) is 0 Å². The van der Waals surface area contributed by atoms with Crippen LogP contribution in [-0.2, 0) is 39.5 Å². The number of hydrogen-bond donors (Lipinski definition) is 0. The van der Waals surface area contributed by atoms with E-state index in [9.17, 15) is 8.78 Å². The van der Waals surface area contributed by atoms with Gasteiger partial charge >= 0.3 is 6.55 Å². The number of halogens is 2. The third-order valence-corrected chi connectivity index (χ3v) is 11.1. The smallest absolute Gasteiger partial charge is 0.333 e. The molecule has 0 saturated carbocycles. The van der Waals surface area contributed by atoms with Crippen LogP contribution in [0.1, 0.15) is 169 Å². The zero-order valence-electron chi connectivity index (χ0n) is 39.4. The number of aromatic nitrogens is 8. The fourth-order valence-corrected chi connectivity index (χ4v) is 6.34. The van der Waals surface area contributed by atoms with Crippen molar-refractivity contribution in [2.24, 2.45) is 7.05 Å². The standard InChI is InChI=1S/C8H12F2N2.C8H14N2.C8H13NO.3C7H11NS/c1-8(2,3)6-4-11-12(5-6)7(9)10;1-8(2,3)7-5-9-10(4)6-7;1-6-5-7(9-10-6)8(2,3)4;1-7(2,3)6-4-9-5-8-6;1-7(2,3)6-4-8-5-9-6;1-7(2,3)6-8-4-5-9-6/h4-5,7H,1-3H3;5-6H,1-4H3;5H,1-4H3;3*4-5H,1-3H3. The van der Waals surface area contributed by atoms with Gasteiger partial charge in [0, 0.05) is 69.8 Å². The molecular formula is C45H72F2N8OS3. The summed E-state index contributed by atoms with van der Waals surface area (Å²) in [6.07, 6.45) is 10.6. The van der Waals surface area contributed by atoms with E-state index >= 15 is 0 Å². The molecule has 0 aliphatic rings. The maximum Gasteiger partial charge on any atom is 0.333 e. The molecule has 0 bridgehead atoms. The summed E-state index contributed by atoms with van der Waals surface area (Å²) in [6, 6.07) is 1.97. The molecule has 0 aromatic carbocycles. The monoisotopic (exact) mass is 874 g/mol. The third kappa shape index (κ3) is 21.0. The van der Waals surface area contributed by atoms with E-state index in [1.54, 1.807) is 34.0 Å². The van der Waals surface area contributed by atoms with Crippen molar-refractivity contribution in [2.75, 3.05) is 0 Å². The van der Waals surface area contributed by atoms with Crippen LogP contribution in [0.4, 0.5) is 8.78 Å². The maximum absolute atomic E-state index is 12.1. The first-order chi connectivity index (χ1) is 26.7. The van der Waals surface area contributed by atoms with Crippen molar-refractivity contribution in [1.29, 1.82) is 0 Å². The molecule has 9 nitrogen and oxygen atoms in total. The van der Waals surface area contributed by atoms with Crippen molar-refractivity contribution in [2.45, 2.75) is 171 Å². The van der Waals surface area contributed by atoms with Crippen molar-refractivity contribution >= 4 is 34.0 Å². The van der Waals surface area contributed by atoms with Gasteiger partial charge in [-0.1, -0.05) is 130 Å². The second-order valence-electron chi connectivity index (χ2n) is 20.3. The van der Waals surface area contributed by atoms with Gasteiger partial charge in [0.05, 0.1) is 39.8 Å². The van der Waals surface area contributed by atoms with Gasteiger partial charge in [-0.15, -0.1) is 34.0 Å². The first kappa shape index (κ1) is 53.4. The van der Waals surface area contributed by atoms with Crippen LogP contribution in [0, 0.1) is 6.92 Å². The molecule has 14 heteroatoms. The number of alkyl halides is 2. The first-order valence-electron chi connectivity index (χ1n) is 19.7. The largest absolute Gasteiger partial charge is 0.361 e. The lowest BCUT2D eigenvalue weighted by molar-refractivity contribution is 0.0564. The predicted molar refractivity (Wildman–Crippen MR) is 246 cm³/mol. The molecule has 0 atom stereocenters. The maximum atomic E-state index is 12.1. The topological polar surface area (TPSA) is 100 Å². The highest BCUT2D eigenvalue weighted by Crippen LogP contribution is 2.26. The normalized spacial score (nSPS) is 12.1. The van der Waals surface area contributed by atoms with Gasteiger partial charge in [-0.25, -0.2) is 14.6 Å². The summed E-state index contributed by atoms with van der Waals surface area (Å²) in [7, 11) is 1.94. The average molecular weight is 875 g/mol. The molecule has 330 valence electrons. The predicted octanol–water partition coefficient (Wildman–Crippen LogP) is 13.9. The van der Waals surface area contributed by atoms with E-state index < -0.39 is 6.55 Å². The molecule has 0 N–H and O–H groups in total. The van der Waals surface area contributed by atoms with Gasteiger partial charge in [0.1, 0.15) is 5.76 Å². The van der Waals surface area contributed by atoms with Gasteiger partial charge in [0.15, 0.2) is 0 Å². The molecule has 0 amide bonds. The van der Waals surface area contributed by atoms with Crippen molar-refractivity contribution < 1.29 is 13.3 Å². The number of thiazole rings is 3. The van der Waals surface area contributed by atoms with Crippen LogP contribution < -0.4 is 0 Å². The summed E-state index contributed by atoms with van der Waals surface area (Å²) in [5.41, 5.74) is 9.02. The Morgan fingerprint density at radius 1 is 0.627 bits per heavy atom. The zero-order chi connectivity index (χ0) is 45.6. The Hall–Kier alpha value is -3.62. The Balaban J connectivity index is 0.000000355. The lowest BCUT2D eigenvalue weighted by Gasteiger charge is -2.14. The highest BCUT2D eigenvalue weighted by molar-refractivity contribution is 7.10. The minimum absolute atomic E-state index is 0.109. The van der Waals surface area contributed by atoms with Crippen molar-refractivity contribution in [3.63, 3.8) is 0 Å². The van der Waals surface area contributed by atoms with Gasteiger partial charge in [-0.2, -0.15) is 19.0 Å². The number of hydrogen-bond acceptors (Lipinski definition) is 10. The summed E-state index contributed by atoms with van der Waals surface area (Å²) >= 11 is 5.09. The Labute approximate surface area is 366 Å². The molecule has 6 heterocycles. The second-order valence-corrected chi connectivity index (χ2v) is 22.8. The van der Waals surface area contributed by atoms with Gasteiger partial charge in [0.2, 0.25) is 0 Å². The summed E-state index contributed by atoms with van der Waals surface area (Å²) in [5, 5.41) is 16.9. The molecule has 59 heavy (non-hydrogen) atoms. The molecule has 0 unspecified atom stereocenters. The average Bonchev–Trinajstić information content (AvgIpc) is 3.93. The molecule has 0 radical (unpaired) electrons. The second kappa shape index (κ2) is 22.3. The molecular weight excluding hydrogens is 803 g/mol. The molecule has 0 aliphatic carbocycles. The molecule has 6 aromatic heterocycles. The molecule has 6 aromatic rings. The zero-order valence-corrected chi connectivity index (χ0v) is 41.8. The summed E-state index contributed by atoms with van der Waals surface area (Å²) in [4.78, 5) is 13.8. The quantitative estimate of drug-likeness (QED) is 0.162. The molecule has 0 fully saturated rings. The summed E-state index contributed by atoms with van der Waals surface area (Å²) < 4.78 is 31.6. The van der Waals surface area contributed by atoms with Crippen LogP contribution in [0.25, 0.3) is 0 Å². The number of rotatable bonds is 1. The molecule has 6 rings (SSSR count). The first-order valence-corrected chi connectivity index (χ1v) is 22.4. The van der Waals surface area contributed by atoms with E-state index in [2.05, 4.69) is 146 Å². The Bertz CT molecular complexity index is 1810. The van der Waals surface area contributed by atoms with Crippen LogP contribution in [0.3, 0.4) is 0 Å². The highest BCUT2D eigenvalue weighted by Gasteiger charge is 2.19. The van der Waals surface area contributed by atoms with Gasteiger partial charge in [0.25, 0.3) is 0 Å². The lowest BCUT2D eigenvalue weighted by Crippen LogP contribution is -2.10. The SMILES string of the molecule is CC(C)(C)c1cncs1.CC(C)(C)c1cnn(C(F)F)c1.CC(C)(C)c1cscn1.CC(C)(C)c1nccs1.Cc1cc(C(C)(C)C)no1.Cn1cc(C(C)(C)C)cn1. The van der Waals surface area contributed by atoms with Crippen molar-refractivity contribution in [3.05, 3.63) is 103 Å². The minimum atomic E-state index is -2.54. The Morgan fingerprint density at radius 3 is 1.41 bits per heavy atom. The van der Waals surface area contributed by atoms with Crippen molar-refractivity contribution in [1.82, 2.24) is 39.7 Å². The summed E-state index contributed by atoms with van der Waals surface area (Å²) in [5.74, 6) is 0.880. The fraction of sp³-hybridized carbons (Fsp3) is 0.600. The lowest BCUT2D eigenvalue weighted by atomic mass is 9.90. The van der Waals surface area contributed by atoms with Crippen LogP contribution in [0.15, 0.2) is 69.6 Å². The van der Waals surface area contributed by atoms with E-state index in [4.69, 9.17) is 4.52 Å². The highest BCUT2D eigenvalue weighted by atomic mass is 32.1. The van der Waals surface area contributed by atoms with E-state index in [-0.39, 0.29) is 32.5 Å². The third-order valence-electron chi connectivity index (χ3n) is 8.08. The van der Waals surface area contributed by atoms with E-state index in [0.29, 0.717) is 4.68 Å². The number of nitrogens with zero attached hydrogens (tertiary/aromatic N) is 8. The van der Waals surface area contributed by atoms with Gasteiger partial charge in [-0.3, -0.25) is 9.67 Å². The van der Waals surface area contributed by atoms with Crippen LogP contribution in [-0.4, -0.2) is 39.7 Å². The van der Waals surface area contributed by atoms with E-state index in [1.807, 2.05) is 80.5 Å².